The summed E-state index contributed by atoms with van der Waals surface area (Å²) in [6.07, 6.45) is 2.85. The molecule has 0 radical (unpaired) electrons. The third-order valence-electron chi connectivity index (χ3n) is 12.7. The number of aryl methyl sites for hydroxylation is 2. The number of anilines is 1. The van der Waals surface area contributed by atoms with Gasteiger partial charge < -0.3 is 14.9 Å². The van der Waals surface area contributed by atoms with Gasteiger partial charge in [-0.05, 0) is 104 Å². The number of fused-ring (bicyclic) bond motifs is 5. The second-order valence-corrected chi connectivity index (χ2v) is 17.6. The van der Waals surface area contributed by atoms with Crippen LogP contribution in [0, 0.1) is 36.0 Å². The van der Waals surface area contributed by atoms with E-state index in [-0.39, 0.29) is 53.5 Å². The summed E-state index contributed by atoms with van der Waals surface area (Å²) < 4.78 is 8.08. The predicted molar refractivity (Wildman–Crippen MR) is 217 cm³/mol. The van der Waals surface area contributed by atoms with E-state index < -0.39 is 46.8 Å². The molecule has 11 nitrogen and oxygen atoms in total. The summed E-state index contributed by atoms with van der Waals surface area (Å²) in [6.45, 7) is 3.96. The lowest BCUT2D eigenvalue weighted by Gasteiger charge is -2.49. The van der Waals surface area contributed by atoms with E-state index in [1.54, 1.807) is 72.5 Å². The van der Waals surface area contributed by atoms with Crippen LogP contribution in [0.15, 0.2) is 72.3 Å². The number of amides is 4. The molecule has 1 saturated carbocycles. The average Bonchev–Trinajstić information content (AvgIpc) is 3.85. The Labute approximate surface area is 342 Å². The van der Waals surface area contributed by atoms with E-state index in [1.165, 1.54) is 16.9 Å². The number of carbonyl (C=O) groups excluding carboxylic acids is 4. The molecule has 292 valence electrons. The Bertz CT molecular complexity index is 2600. The summed E-state index contributed by atoms with van der Waals surface area (Å²) in [5.41, 5.74) is 2.44. The first-order valence-corrected chi connectivity index (χ1v) is 20.3. The molecule has 5 aromatic rings. The standard InChI is InChI=1S/C43H38Cl2N4O7S/c1-20-27-17-23(44)7-12-33(27)57-38(20)31-19-34(47(3)46-31)49-40(53)29-18-28-25(36(43(29,2)42(49)55)22-15-30(45)37(51)32(16-22)56-4)10-11-26-35(28)41(54)48(39(26)52)14-13-21-5-8-24(50)9-6-21/h5-10,12,15-17,19,26,28-29,35-36,50-51H,11,13-14,18H2,1-4H3. The first-order chi connectivity index (χ1) is 27.2. The van der Waals surface area contributed by atoms with E-state index in [4.69, 9.17) is 33.0 Å². The van der Waals surface area contributed by atoms with E-state index in [1.807, 2.05) is 31.2 Å². The molecule has 14 heteroatoms. The zero-order valence-corrected chi connectivity index (χ0v) is 33.8. The molecule has 2 N–H and O–H groups in total. The number of phenolic OH excluding ortho intramolecular Hbond substituents is 2. The second kappa shape index (κ2) is 13.5. The Kier molecular flexibility index (Phi) is 8.83. The first-order valence-electron chi connectivity index (χ1n) is 18.7. The summed E-state index contributed by atoms with van der Waals surface area (Å²) in [4.78, 5) is 61.9. The highest BCUT2D eigenvalue weighted by Crippen LogP contribution is 2.64. The smallest absolute Gasteiger partial charge is 0.242 e. The summed E-state index contributed by atoms with van der Waals surface area (Å²) in [5, 5.41) is 26.9. The van der Waals surface area contributed by atoms with Crippen LogP contribution in [0.1, 0.15) is 42.4 Å². The van der Waals surface area contributed by atoms with Gasteiger partial charge in [0.2, 0.25) is 23.6 Å². The largest absolute Gasteiger partial charge is 0.508 e. The lowest BCUT2D eigenvalue weighted by molar-refractivity contribution is -0.140. The summed E-state index contributed by atoms with van der Waals surface area (Å²) in [7, 11) is 3.11. The van der Waals surface area contributed by atoms with Crippen molar-refractivity contribution in [2.75, 3.05) is 18.6 Å². The zero-order valence-electron chi connectivity index (χ0n) is 31.5. The molecule has 4 heterocycles. The lowest BCUT2D eigenvalue weighted by atomic mass is 9.51. The molecule has 9 rings (SSSR count). The van der Waals surface area contributed by atoms with E-state index in [0.29, 0.717) is 28.5 Å². The molecule has 2 aliphatic carbocycles. The Morgan fingerprint density at radius 3 is 2.46 bits per heavy atom. The fraction of sp³-hybridized carbons (Fsp3) is 0.326. The third kappa shape index (κ3) is 5.55. The number of hydrogen-bond donors (Lipinski definition) is 2. The van der Waals surface area contributed by atoms with Crippen molar-refractivity contribution in [1.82, 2.24) is 14.7 Å². The number of thiophene rings is 1. The molecular weight excluding hydrogens is 787 g/mol. The highest BCUT2D eigenvalue weighted by atomic mass is 35.5. The van der Waals surface area contributed by atoms with Gasteiger partial charge >= 0.3 is 0 Å². The van der Waals surface area contributed by atoms with Crippen molar-refractivity contribution >= 4 is 74.1 Å². The minimum atomic E-state index is -1.35. The number of allylic oxidation sites excluding steroid dienone is 2. The van der Waals surface area contributed by atoms with Crippen molar-refractivity contribution in [2.24, 2.45) is 36.1 Å². The van der Waals surface area contributed by atoms with Gasteiger partial charge in [0.15, 0.2) is 11.5 Å². The van der Waals surface area contributed by atoms with Crippen molar-refractivity contribution in [1.29, 1.82) is 0 Å². The first kappa shape index (κ1) is 37.4. The lowest BCUT2D eigenvalue weighted by Crippen LogP contribution is -2.49. The molecule has 2 aromatic heterocycles. The number of methoxy groups -OCH3 is 1. The number of rotatable bonds is 7. The number of nitrogens with zero attached hydrogens (tertiary/aromatic N) is 4. The number of halogens is 2. The van der Waals surface area contributed by atoms with Crippen LogP contribution < -0.4 is 9.64 Å². The number of imide groups is 2. The van der Waals surface area contributed by atoms with E-state index in [9.17, 15) is 24.6 Å². The van der Waals surface area contributed by atoms with Gasteiger partial charge in [0.1, 0.15) is 17.3 Å². The minimum Gasteiger partial charge on any atom is -0.508 e. The average molecular weight is 826 g/mol. The van der Waals surface area contributed by atoms with Crippen molar-refractivity contribution in [2.45, 2.75) is 39.0 Å². The van der Waals surface area contributed by atoms with Crippen LogP contribution in [-0.4, -0.2) is 62.2 Å². The Hall–Kier alpha value is -5.17. The Morgan fingerprint density at radius 1 is 0.965 bits per heavy atom. The third-order valence-corrected chi connectivity index (χ3v) is 14.6. The number of hydrogen-bond acceptors (Lipinski definition) is 9. The van der Waals surface area contributed by atoms with Crippen molar-refractivity contribution in [3.63, 3.8) is 0 Å². The van der Waals surface area contributed by atoms with Crippen molar-refractivity contribution in [3.8, 4) is 27.8 Å². The number of aromatic hydroxyl groups is 2. The Morgan fingerprint density at radius 2 is 1.72 bits per heavy atom. The molecular formula is C43H38Cl2N4O7S. The molecule has 2 saturated heterocycles. The van der Waals surface area contributed by atoms with Gasteiger partial charge in [0.05, 0.1) is 40.2 Å². The highest BCUT2D eigenvalue weighted by Gasteiger charge is 2.68. The topological polar surface area (TPSA) is 142 Å². The predicted octanol–water partition coefficient (Wildman–Crippen LogP) is 7.81. The molecule has 6 unspecified atom stereocenters. The molecule has 0 spiro atoms. The molecule has 4 amide bonds. The van der Waals surface area contributed by atoms with Gasteiger partial charge in [-0.2, -0.15) is 5.10 Å². The summed E-state index contributed by atoms with van der Waals surface area (Å²) in [5.74, 6) is -4.63. The fourth-order valence-electron chi connectivity index (χ4n) is 9.93. The van der Waals surface area contributed by atoms with Gasteiger partial charge in [-0.25, -0.2) is 4.90 Å². The van der Waals surface area contributed by atoms with Gasteiger partial charge in [-0.3, -0.25) is 28.8 Å². The summed E-state index contributed by atoms with van der Waals surface area (Å²) in [6, 6.07) is 17.4. The molecule has 4 aliphatic rings. The van der Waals surface area contributed by atoms with Crippen LogP contribution >= 0.6 is 34.5 Å². The minimum absolute atomic E-state index is 0.0123. The normalized spacial score (nSPS) is 25.6. The van der Waals surface area contributed by atoms with Gasteiger partial charge in [0.25, 0.3) is 0 Å². The number of aromatic nitrogens is 2. The van der Waals surface area contributed by atoms with Crippen LogP contribution in [-0.2, 0) is 32.6 Å². The maximum Gasteiger partial charge on any atom is 0.242 e. The second-order valence-electron chi connectivity index (χ2n) is 15.7. The number of phenols is 2. The van der Waals surface area contributed by atoms with Gasteiger partial charge in [-0.15, -0.1) is 11.3 Å². The maximum absolute atomic E-state index is 15.2. The SMILES string of the molecule is COc1cc(C2C3=CCC4C(=O)N(CCc5ccc(O)cc5)C(=O)C4C3CC3C(=O)N(c4cc(-c5sc6ccc(Cl)cc6c5C)nn4C)C(=O)C32C)cc(Cl)c1O. The van der Waals surface area contributed by atoms with Gasteiger partial charge in [-0.1, -0.05) is 47.0 Å². The van der Waals surface area contributed by atoms with Gasteiger partial charge in [0, 0.05) is 35.3 Å². The maximum atomic E-state index is 15.2. The number of benzene rings is 3. The zero-order chi connectivity index (χ0) is 40.2. The van der Waals surface area contributed by atoms with Crippen LogP contribution in [0.5, 0.6) is 17.2 Å². The number of carbonyl (C=O) groups is 4. The van der Waals surface area contributed by atoms with Crippen LogP contribution in [0.2, 0.25) is 10.0 Å². The molecule has 2 aliphatic heterocycles. The highest BCUT2D eigenvalue weighted by molar-refractivity contribution is 7.22. The monoisotopic (exact) mass is 824 g/mol. The van der Waals surface area contributed by atoms with Crippen molar-refractivity contribution in [3.05, 3.63) is 99.0 Å². The van der Waals surface area contributed by atoms with Crippen LogP contribution in [0.4, 0.5) is 5.82 Å². The molecule has 0 bridgehead atoms. The summed E-state index contributed by atoms with van der Waals surface area (Å²) >= 11 is 14.5. The molecule has 3 fully saturated rings. The molecule has 57 heavy (non-hydrogen) atoms. The van der Waals surface area contributed by atoms with E-state index >= 15 is 4.79 Å². The van der Waals surface area contributed by atoms with Crippen LogP contribution in [0.3, 0.4) is 0 Å². The van der Waals surface area contributed by atoms with Crippen LogP contribution in [0.25, 0.3) is 20.7 Å². The quantitative estimate of drug-likeness (QED) is 0.125. The number of ether oxygens (including phenoxy) is 1. The number of likely N-dealkylation sites (tertiary alicyclic amines) is 1. The molecule has 3 aromatic carbocycles. The van der Waals surface area contributed by atoms with E-state index in [2.05, 4.69) is 0 Å². The fourth-order valence-corrected chi connectivity index (χ4v) is 11.5. The van der Waals surface area contributed by atoms with Crippen molar-refractivity contribution < 1.29 is 34.1 Å². The molecule has 6 atom stereocenters. The Balaban J connectivity index is 1.12. The van der Waals surface area contributed by atoms with E-state index in [0.717, 1.165) is 31.7 Å².